The minimum atomic E-state index is -0.646. The largest absolute Gasteiger partial charge is 0.290 e. The maximum atomic E-state index is 13.2. The van der Waals surface area contributed by atoms with Gasteiger partial charge in [0.2, 0.25) is 0 Å². The third-order valence-corrected chi connectivity index (χ3v) is 5.99. The Morgan fingerprint density at radius 2 is 1.65 bits per heavy atom. The number of fused-ring (bicyclic) bond motifs is 1. The lowest BCUT2D eigenvalue weighted by Gasteiger charge is -2.09. The first-order chi connectivity index (χ1) is 14.8. The van der Waals surface area contributed by atoms with Gasteiger partial charge in [-0.15, -0.1) is 11.3 Å². The standard InChI is InChI=1S/C22H17FN4O3S/c1-12-11-17(31-19(12)13-7-9-14(23)10-8-13)20(28)24-25-21(29)18-15-5-3-4-6-16(15)22(30)27(2)26-18/h3-11H,1-2H3,(H,24,28)(H,25,29). The zero-order valence-electron chi connectivity index (χ0n) is 16.6. The molecular formula is C22H17FN4O3S. The molecule has 0 aliphatic heterocycles. The number of rotatable bonds is 3. The van der Waals surface area contributed by atoms with Gasteiger partial charge in [0.25, 0.3) is 17.4 Å². The normalized spacial score (nSPS) is 10.8. The first-order valence-corrected chi connectivity index (χ1v) is 10.1. The molecule has 0 saturated heterocycles. The van der Waals surface area contributed by atoms with Crippen LogP contribution >= 0.6 is 11.3 Å². The molecule has 156 valence electrons. The highest BCUT2D eigenvalue weighted by atomic mass is 32.1. The quantitative estimate of drug-likeness (QED) is 0.483. The highest BCUT2D eigenvalue weighted by Gasteiger charge is 2.18. The van der Waals surface area contributed by atoms with E-state index in [9.17, 15) is 18.8 Å². The highest BCUT2D eigenvalue weighted by Crippen LogP contribution is 2.32. The molecule has 2 aromatic heterocycles. The maximum absolute atomic E-state index is 13.2. The van der Waals surface area contributed by atoms with Crippen molar-refractivity contribution in [2.45, 2.75) is 6.92 Å². The fourth-order valence-corrected chi connectivity index (χ4v) is 4.26. The van der Waals surface area contributed by atoms with Crippen LogP contribution in [-0.4, -0.2) is 21.6 Å². The number of hydrazine groups is 1. The number of aryl methyl sites for hydroxylation is 2. The molecule has 0 atom stereocenters. The summed E-state index contributed by atoms with van der Waals surface area (Å²) in [6, 6.07) is 14.3. The van der Waals surface area contributed by atoms with Gasteiger partial charge in [-0.2, -0.15) is 5.10 Å². The van der Waals surface area contributed by atoms with E-state index in [1.165, 1.54) is 30.5 Å². The summed E-state index contributed by atoms with van der Waals surface area (Å²) in [5.74, 6) is -1.48. The van der Waals surface area contributed by atoms with Gasteiger partial charge in [0.15, 0.2) is 5.69 Å². The molecule has 0 unspecified atom stereocenters. The predicted molar refractivity (Wildman–Crippen MR) is 116 cm³/mol. The van der Waals surface area contributed by atoms with E-state index in [1.807, 2.05) is 6.92 Å². The van der Waals surface area contributed by atoms with E-state index in [0.717, 1.165) is 20.7 Å². The van der Waals surface area contributed by atoms with Gasteiger partial charge >= 0.3 is 0 Å². The van der Waals surface area contributed by atoms with Crippen LogP contribution in [0.2, 0.25) is 0 Å². The number of hydrogen-bond donors (Lipinski definition) is 2. The molecule has 7 nitrogen and oxygen atoms in total. The van der Waals surface area contributed by atoms with Gasteiger partial charge in [-0.05, 0) is 42.3 Å². The van der Waals surface area contributed by atoms with Crippen LogP contribution < -0.4 is 16.4 Å². The Hall–Kier alpha value is -3.85. The summed E-state index contributed by atoms with van der Waals surface area (Å²) in [5.41, 5.74) is 6.09. The van der Waals surface area contributed by atoms with E-state index in [2.05, 4.69) is 16.0 Å². The van der Waals surface area contributed by atoms with Crippen molar-refractivity contribution in [3.05, 3.63) is 86.9 Å². The second-order valence-corrected chi connectivity index (χ2v) is 7.91. The van der Waals surface area contributed by atoms with Crippen LogP contribution in [0, 0.1) is 12.7 Å². The number of halogens is 1. The number of thiophene rings is 1. The average molecular weight is 436 g/mol. The molecule has 0 bridgehead atoms. The molecule has 2 N–H and O–H groups in total. The summed E-state index contributed by atoms with van der Waals surface area (Å²) in [4.78, 5) is 38.6. The number of carbonyl (C=O) groups is 2. The molecule has 2 aromatic carbocycles. The number of aromatic nitrogens is 2. The SMILES string of the molecule is Cc1cc(C(=O)NNC(=O)c2nn(C)c(=O)c3ccccc23)sc1-c1ccc(F)cc1. The average Bonchev–Trinajstić information content (AvgIpc) is 3.16. The Bertz CT molecular complexity index is 1380. The van der Waals surface area contributed by atoms with Gasteiger partial charge in [0.05, 0.1) is 10.3 Å². The lowest BCUT2D eigenvalue weighted by molar-refractivity contribution is 0.0846. The molecule has 0 radical (unpaired) electrons. The lowest BCUT2D eigenvalue weighted by Crippen LogP contribution is -2.42. The van der Waals surface area contributed by atoms with E-state index in [0.29, 0.717) is 15.6 Å². The van der Waals surface area contributed by atoms with Crippen molar-refractivity contribution >= 4 is 33.9 Å². The van der Waals surface area contributed by atoms with Crippen molar-refractivity contribution in [2.24, 2.45) is 7.05 Å². The minimum Gasteiger partial charge on any atom is -0.267 e. The predicted octanol–water partition coefficient (Wildman–Crippen LogP) is 3.18. The van der Waals surface area contributed by atoms with Crippen molar-refractivity contribution in [1.29, 1.82) is 0 Å². The van der Waals surface area contributed by atoms with Crippen molar-refractivity contribution in [2.75, 3.05) is 0 Å². The van der Waals surface area contributed by atoms with Crippen molar-refractivity contribution in [3.8, 4) is 10.4 Å². The first kappa shape index (κ1) is 20.4. The molecule has 4 aromatic rings. The second-order valence-electron chi connectivity index (χ2n) is 6.86. The van der Waals surface area contributed by atoms with E-state index >= 15 is 0 Å². The molecule has 0 fully saturated rings. The molecule has 31 heavy (non-hydrogen) atoms. The number of carbonyl (C=O) groups excluding carboxylic acids is 2. The fraction of sp³-hybridized carbons (Fsp3) is 0.0909. The molecular weight excluding hydrogens is 419 g/mol. The van der Waals surface area contributed by atoms with Gasteiger partial charge < -0.3 is 0 Å². The number of amides is 2. The molecule has 2 heterocycles. The van der Waals surface area contributed by atoms with Crippen LogP contribution in [0.3, 0.4) is 0 Å². The van der Waals surface area contributed by atoms with Crippen LogP contribution in [0.4, 0.5) is 4.39 Å². The van der Waals surface area contributed by atoms with Crippen molar-refractivity contribution in [1.82, 2.24) is 20.6 Å². The van der Waals surface area contributed by atoms with E-state index in [1.54, 1.807) is 42.5 Å². The fourth-order valence-electron chi connectivity index (χ4n) is 3.18. The van der Waals surface area contributed by atoms with Crippen molar-refractivity contribution < 1.29 is 14.0 Å². The third kappa shape index (κ3) is 3.95. The van der Waals surface area contributed by atoms with Gasteiger partial charge in [-0.25, -0.2) is 9.07 Å². The number of hydrogen-bond acceptors (Lipinski definition) is 5. The smallest absolute Gasteiger partial charge is 0.267 e. The monoisotopic (exact) mass is 436 g/mol. The first-order valence-electron chi connectivity index (χ1n) is 9.28. The lowest BCUT2D eigenvalue weighted by atomic mass is 10.1. The topological polar surface area (TPSA) is 93.1 Å². The van der Waals surface area contributed by atoms with E-state index < -0.39 is 11.8 Å². The zero-order valence-corrected chi connectivity index (χ0v) is 17.4. The van der Waals surface area contributed by atoms with Crippen LogP contribution in [0.5, 0.6) is 0 Å². The second kappa shape index (κ2) is 8.11. The van der Waals surface area contributed by atoms with Gasteiger partial charge in [-0.3, -0.25) is 25.2 Å². The van der Waals surface area contributed by atoms with Crippen LogP contribution in [0.15, 0.2) is 59.4 Å². The Kier molecular flexibility index (Phi) is 5.35. The molecule has 2 amide bonds. The van der Waals surface area contributed by atoms with Crippen LogP contribution in [0.25, 0.3) is 21.2 Å². The minimum absolute atomic E-state index is 0.0207. The summed E-state index contributed by atoms with van der Waals surface area (Å²) in [5, 5.41) is 4.78. The van der Waals surface area contributed by atoms with E-state index in [4.69, 9.17) is 0 Å². The Balaban J connectivity index is 1.54. The Labute approximate surface area is 180 Å². The van der Waals surface area contributed by atoms with Crippen molar-refractivity contribution in [3.63, 3.8) is 0 Å². The molecule has 0 saturated carbocycles. The summed E-state index contributed by atoms with van der Waals surface area (Å²) < 4.78 is 14.3. The number of nitrogens with zero attached hydrogens (tertiary/aromatic N) is 2. The molecule has 0 spiro atoms. The third-order valence-electron chi connectivity index (χ3n) is 4.71. The summed E-state index contributed by atoms with van der Waals surface area (Å²) >= 11 is 1.23. The molecule has 9 heteroatoms. The molecule has 4 rings (SSSR count). The molecule has 0 aliphatic rings. The van der Waals surface area contributed by atoms with Crippen LogP contribution in [-0.2, 0) is 7.05 Å². The van der Waals surface area contributed by atoms with Gasteiger partial charge in [-0.1, -0.05) is 30.3 Å². The maximum Gasteiger partial charge on any atom is 0.290 e. The Morgan fingerprint density at radius 1 is 1.00 bits per heavy atom. The molecule has 0 aliphatic carbocycles. The summed E-state index contributed by atoms with van der Waals surface area (Å²) in [6.07, 6.45) is 0. The summed E-state index contributed by atoms with van der Waals surface area (Å²) in [6.45, 7) is 1.85. The zero-order chi connectivity index (χ0) is 22.1. The Morgan fingerprint density at radius 3 is 2.35 bits per heavy atom. The van der Waals surface area contributed by atoms with Gasteiger partial charge in [0.1, 0.15) is 5.82 Å². The summed E-state index contributed by atoms with van der Waals surface area (Å²) in [7, 11) is 1.45. The highest BCUT2D eigenvalue weighted by molar-refractivity contribution is 7.17. The van der Waals surface area contributed by atoms with Crippen LogP contribution in [0.1, 0.15) is 25.7 Å². The number of nitrogens with one attached hydrogen (secondary N) is 2. The number of benzene rings is 2. The van der Waals surface area contributed by atoms with Gasteiger partial charge in [0, 0.05) is 17.3 Å². The van der Waals surface area contributed by atoms with E-state index in [-0.39, 0.29) is 17.1 Å².